The summed E-state index contributed by atoms with van der Waals surface area (Å²) in [5, 5.41) is 9.46. The number of hydrogen-bond acceptors (Lipinski definition) is 2. The first-order valence-corrected chi connectivity index (χ1v) is 15.9. The van der Waals surface area contributed by atoms with E-state index in [-0.39, 0.29) is 28.7 Å². The topological polar surface area (TPSA) is 27.0 Å². The van der Waals surface area contributed by atoms with E-state index < -0.39 is 11.7 Å². The zero-order valence-electron chi connectivity index (χ0n) is 25.3. The Kier molecular flexibility index (Phi) is 6.70. The minimum Gasteiger partial charge on any atom is -0.291 e. The average Bonchev–Trinajstić information content (AvgIpc) is 3.64. The Morgan fingerprint density at radius 3 is 1.91 bits per heavy atom. The SMILES string of the molecule is N#Cc1ccc(C23CC4(C2)[C@H](CN(Cc2ccc(-c5ccccc5)cc2)[C@@H]4c2ccccc2)C3c2ccc(C(F)(F)F)cc2)cc1. The molecule has 1 unspecified atom stereocenters. The molecular formula is C41H33F3N2. The summed E-state index contributed by atoms with van der Waals surface area (Å²) in [4.78, 5) is 2.62. The molecule has 2 nitrogen and oxygen atoms in total. The van der Waals surface area contributed by atoms with Crippen molar-refractivity contribution in [3.05, 3.63) is 167 Å². The number of benzene rings is 5. The highest BCUT2D eigenvalue weighted by atomic mass is 19.4. The number of likely N-dealkylation sites (tertiary alicyclic amines) is 1. The summed E-state index contributed by atoms with van der Waals surface area (Å²) in [6, 6.07) is 46.3. The smallest absolute Gasteiger partial charge is 0.291 e. The summed E-state index contributed by atoms with van der Waals surface area (Å²) in [7, 11) is 0. The van der Waals surface area contributed by atoms with Gasteiger partial charge in [-0.2, -0.15) is 18.4 Å². The first-order valence-electron chi connectivity index (χ1n) is 15.9. The summed E-state index contributed by atoms with van der Waals surface area (Å²) < 4.78 is 40.8. The molecule has 0 N–H and O–H groups in total. The van der Waals surface area contributed by atoms with Crippen LogP contribution in [0.5, 0.6) is 0 Å². The van der Waals surface area contributed by atoms with Gasteiger partial charge >= 0.3 is 6.18 Å². The maximum absolute atomic E-state index is 13.6. The van der Waals surface area contributed by atoms with Crippen LogP contribution in [0.25, 0.3) is 11.1 Å². The van der Waals surface area contributed by atoms with Gasteiger partial charge < -0.3 is 0 Å². The van der Waals surface area contributed by atoms with Crippen LogP contribution in [0.4, 0.5) is 13.2 Å². The standard InChI is InChI=1S/C41H33F3N2/c42-41(43,44)35-21-17-32(18-22-35)37-36-25-46(24-29-11-15-31(16-12-29)30-7-3-1-4-8-30)38(33-9-5-2-6-10-33)40(36)26-39(37,27-40)34-19-13-28(23-45)14-20-34/h1-22,36-38H,24-27H2/t36-,37?,38-,39?,40?/m1/s1. The normalized spacial score (nSPS) is 26.7. The predicted octanol–water partition coefficient (Wildman–Crippen LogP) is 9.93. The Hall–Kier alpha value is -4.66. The summed E-state index contributed by atoms with van der Waals surface area (Å²) in [6.07, 6.45) is -2.45. The molecule has 0 radical (unpaired) electrons. The van der Waals surface area contributed by atoms with Crippen molar-refractivity contribution in [2.24, 2.45) is 11.3 Å². The first kappa shape index (κ1) is 28.8. The molecule has 0 amide bonds. The van der Waals surface area contributed by atoms with E-state index in [1.54, 1.807) is 12.1 Å². The number of hydrogen-bond donors (Lipinski definition) is 0. The molecule has 3 atom stereocenters. The van der Waals surface area contributed by atoms with Crippen molar-refractivity contribution in [3.8, 4) is 17.2 Å². The first-order chi connectivity index (χ1) is 22.3. The van der Waals surface area contributed by atoms with Gasteiger partial charge in [0.2, 0.25) is 0 Å². The van der Waals surface area contributed by atoms with Crippen molar-refractivity contribution < 1.29 is 13.2 Å². The van der Waals surface area contributed by atoms with Gasteiger partial charge in [-0.15, -0.1) is 0 Å². The minimum absolute atomic E-state index is 0.00734. The van der Waals surface area contributed by atoms with Crippen LogP contribution in [0, 0.1) is 22.7 Å². The second-order valence-electron chi connectivity index (χ2n) is 13.4. The monoisotopic (exact) mass is 610 g/mol. The fourth-order valence-corrected chi connectivity index (χ4v) is 9.42. The Bertz CT molecular complexity index is 1880. The van der Waals surface area contributed by atoms with Crippen molar-refractivity contribution in [3.63, 3.8) is 0 Å². The third-order valence-corrected chi connectivity index (χ3v) is 11.1. The highest BCUT2D eigenvalue weighted by Gasteiger charge is 2.77. The van der Waals surface area contributed by atoms with E-state index in [0.29, 0.717) is 5.56 Å². The van der Waals surface area contributed by atoms with Gasteiger partial charge in [0, 0.05) is 24.5 Å². The summed E-state index contributed by atoms with van der Waals surface area (Å²) in [5.41, 5.74) is 6.90. The Labute approximate surface area is 267 Å². The van der Waals surface area contributed by atoms with Crippen LogP contribution in [0.3, 0.4) is 0 Å². The lowest BCUT2D eigenvalue weighted by Crippen LogP contribution is -2.47. The summed E-state index contributed by atoms with van der Waals surface area (Å²) in [5.74, 6) is 0.341. The fourth-order valence-electron chi connectivity index (χ4n) is 9.42. The number of rotatable bonds is 6. The Balaban J connectivity index is 1.19. The zero-order chi connectivity index (χ0) is 31.5. The number of alkyl halides is 3. The highest BCUT2D eigenvalue weighted by molar-refractivity contribution is 5.63. The van der Waals surface area contributed by atoms with Gasteiger partial charge in [0.25, 0.3) is 0 Å². The van der Waals surface area contributed by atoms with Crippen LogP contribution in [0.1, 0.15) is 58.2 Å². The fraction of sp³-hybridized carbons (Fsp3) is 0.244. The molecule has 4 fully saturated rings. The molecule has 0 aromatic heterocycles. The molecule has 1 heterocycles. The maximum Gasteiger partial charge on any atom is 0.416 e. The van der Waals surface area contributed by atoms with Gasteiger partial charge in [-0.3, -0.25) is 4.90 Å². The molecule has 5 heteroatoms. The van der Waals surface area contributed by atoms with E-state index in [1.165, 1.54) is 39.9 Å². The van der Waals surface area contributed by atoms with Crippen LogP contribution in [0.15, 0.2) is 133 Å². The minimum atomic E-state index is -4.37. The number of nitrogens with zero attached hydrogens (tertiary/aromatic N) is 2. The third-order valence-electron chi connectivity index (χ3n) is 11.1. The Morgan fingerprint density at radius 2 is 1.30 bits per heavy atom. The molecule has 228 valence electrons. The lowest BCUT2D eigenvalue weighted by atomic mass is 9.52. The van der Waals surface area contributed by atoms with Crippen LogP contribution in [-0.4, -0.2) is 11.4 Å². The molecule has 1 saturated heterocycles. The van der Waals surface area contributed by atoms with Gasteiger partial charge in [0.05, 0.1) is 17.2 Å². The Morgan fingerprint density at radius 1 is 0.696 bits per heavy atom. The summed E-state index contributed by atoms with van der Waals surface area (Å²) in [6.45, 7) is 1.67. The molecule has 9 rings (SSSR count). The van der Waals surface area contributed by atoms with Crippen molar-refractivity contribution in [2.75, 3.05) is 6.54 Å². The molecular weight excluding hydrogens is 577 g/mol. The van der Waals surface area contributed by atoms with E-state index >= 15 is 0 Å². The molecule has 3 saturated carbocycles. The number of nitriles is 1. The van der Waals surface area contributed by atoms with E-state index in [4.69, 9.17) is 0 Å². The quantitative estimate of drug-likeness (QED) is 0.191. The van der Waals surface area contributed by atoms with Crippen molar-refractivity contribution in [1.29, 1.82) is 5.26 Å². The second kappa shape index (κ2) is 10.7. The lowest BCUT2D eigenvalue weighted by Gasteiger charge is -2.53. The van der Waals surface area contributed by atoms with Crippen molar-refractivity contribution in [2.45, 2.75) is 42.9 Å². The van der Waals surface area contributed by atoms with Crippen LogP contribution >= 0.6 is 0 Å². The van der Waals surface area contributed by atoms with E-state index in [9.17, 15) is 18.4 Å². The van der Waals surface area contributed by atoms with E-state index in [0.717, 1.165) is 31.5 Å². The van der Waals surface area contributed by atoms with Gasteiger partial charge in [-0.05, 0) is 87.7 Å². The van der Waals surface area contributed by atoms with Crippen LogP contribution in [-0.2, 0) is 18.1 Å². The number of halogens is 3. The highest BCUT2D eigenvalue weighted by Crippen LogP contribution is 2.82. The molecule has 1 aliphatic heterocycles. The van der Waals surface area contributed by atoms with Gasteiger partial charge in [-0.1, -0.05) is 109 Å². The lowest BCUT2D eigenvalue weighted by molar-refractivity contribution is -0.137. The predicted molar refractivity (Wildman–Crippen MR) is 174 cm³/mol. The van der Waals surface area contributed by atoms with Gasteiger partial charge in [0.15, 0.2) is 0 Å². The molecule has 2 bridgehead atoms. The maximum atomic E-state index is 13.6. The average molecular weight is 611 g/mol. The zero-order valence-corrected chi connectivity index (χ0v) is 25.3. The van der Waals surface area contributed by atoms with Crippen molar-refractivity contribution in [1.82, 2.24) is 4.90 Å². The van der Waals surface area contributed by atoms with E-state index in [1.807, 2.05) is 18.2 Å². The largest absolute Gasteiger partial charge is 0.416 e. The molecule has 3 aliphatic carbocycles. The molecule has 5 aromatic carbocycles. The summed E-state index contributed by atoms with van der Waals surface area (Å²) >= 11 is 0. The van der Waals surface area contributed by atoms with Crippen LogP contribution in [0.2, 0.25) is 0 Å². The van der Waals surface area contributed by atoms with Gasteiger partial charge in [0.1, 0.15) is 0 Å². The van der Waals surface area contributed by atoms with Gasteiger partial charge in [-0.25, -0.2) is 0 Å². The van der Waals surface area contributed by atoms with E-state index in [2.05, 4.69) is 102 Å². The molecule has 46 heavy (non-hydrogen) atoms. The molecule has 5 aromatic rings. The van der Waals surface area contributed by atoms with Crippen molar-refractivity contribution >= 4 is 0 Å². The van der Waals surface area contributed by atoms with Crippen LogP contribution < -0.4 is 0 Å². The second-order valence-corrected chi connectivity index (χ2v) is 13.4. The molecule has 4 aliphatic rings. The molecule has 1 spiro atoms. The third kappa shape index (κ3) is 4.50.